The highest BCUT2D eigenvalue weighted by molar-refractivity contribution is 5.70. The number of H-pyrrole nitrogens is 1. The molecule has 130 valence electrons. The smallest absolute Gasteiger partial charge is 0.433 e. The van der Waals surface area contributed by atoms with Crippen LogP contribution in [0.4, 0.5) is 24.8 Å². The molecule has 0 saturated heterocycles. The number of hydrogen-bond acceptors (Lipinski definition) is 5. The third-order valence-electron chi connectivity index (χ3n) is 3.36. The number of anilines is 2. The third kappa shape index (κ3) is 3.70. The molecule has 0 aliphatic carbocycles. The van der Waals surface area contributed by atoms with E-state index in [0.717, 1.165) is 23.5 Å². The number of alkyl halides is 3. The van der Waals surface area contributed by atoms with Crippen LogP contribution in [0.2, 0.25) is 0 Å². The standard InChI is InChI=1S/C16H14F3N5O/c1-9-8-21-14(22-9)11-4-3-10(7-12(11)25-2)23-15-20-6-5-13(24-15)16(17,18)19/h3-8H,1-2H3,(H,21,22)(H,20,23,24). The largest absolute Gasteiger partial charge is 0.496 e. The Morgan fingerprint density at radius 1 is 1.16 bits per heavy atom. The summed E-state index contributed by atoms with van der Waals surface area (Å²) in [5, 5.41) is 2.74. The van der Waals surface area contributed by atoms with Crippen LogP contribution < -0.4 is 10.1 Å². The van der Waals surface area contributed by atoms with Gasteiger partial charge in [-0.15, -0.1) is 0 Å². The van der Waals surface area contributed by atoms with Crippen molar-refractivity contribution >= 4 is 11.6 Å². The molecule has 3 aromatic rings. The number of hydrogen-bond donors (Lipinski definition) is 2. The third-order valence-corrected chi connectivity index (χ3v) is 3.36. The Morgan fingerprint density at radius 3 is 2.60 bits per heavy atom. The van der Waals surface area contributed by atoms with Crippen molar-refractivity contribution in [1.82, 2.24) is 19.9 Å². The van der Waals surface area contributed by atoms with Crippen LogP contribution in [0.25, 0.3) is 11.4 Å². The van der Waals surface area contributed by atoms with Gasteiger partial charge in [0.2, 0.25) is 5.95 Å². The molecule has 0 unspecified atom stereocenters. The predicted octanol–water partition coefficient (Wildman–Crippen LogP) is 3.95. The highest BCUT2D eigenvalue weighted by Gasteiger charge is 2.32. The SMILES string of the molecule is COc1cc(Nc2nccc(C(F)(F)F)n2)ccc1-c1ncc(C)[nH]1. The van der Waals surface area contributed by atoms with Crippen LogP contribution in [0.1, 0.15) is 11.4 Å². The van der Waals surface area contributed by atoms with E-state index >= 15 is 0 Å². The first-order chi connectivity index (χ1) is 11.9. The highest BCUT2D eigenvalue weighted by atomic mass is 19.4. The summed E-state index contributed by atoms with van der Waals surface area (Å²) in [4.78, 5) is 14.6. The van der Waals surface area contributed by atoms with E-state index in [4.69, 9.17) is 4.74 Å². The molecular weight excluding hydrogens is 335 g/mol. The zero-order chi connectivity index (χ0) is 18.0. The van der Waals surface area contributed by atoms with Gasteiger partial charge in [-0.3, -0.25) is 0 Å². The van der Waals surface area contributed by atoms with Crippen LogP contribution in [0.5, 0.6) is 5.75 Å². The van der Waals surface area contributed by atoms with E-state index in [9.17, 15) is 13.2 Å². The number of methoxy groups -OCH3 is 1. The molecule has 3 rings (SSSR count). The molecule has 2 aromatic heterocycles. The molecule has 25 heavy (non-hydrogen) atoms. The molecule has 0 spiro atoms. The Bertz CT molecular complexity index is 891. The Balaban J connectivity index is 1.89. The second-order valence-electron chi connectivity index (χ2n) is 5.22. The molecule has 0 bridgehead atoms. The van der Waals surface area contributed by atoms with Crippen molar-refractivity contribution in [3.8, 4) is 17.1 Å². The van der Waals surface area contributed by atoms with E-state index < -0.39 is 11.9 Å². The molecule has 0 aliphatic heterocycles. The number of benzene rings is 1. The molecule has 6 nitrogen and oxygen atoms in total. The fourth-order valence-corrected chi connectivity index (χ4v) is 2.22. The van der Waals surface area contributed by atoms with Crippen LogP contribution in [0, 0.1) is 6.92 Å². The second kappa shape index (κ2) is 6.42. The van der Waals surface area contributed by atoms with Gasteiger partial charge < -0.3 is 15.0 Å². The van der Waals surface area contributed by atoms with Gasteiger partial charge in [0.25, 0.3) is 0 Å². The molecule has 2 N–H and O–H groups in total. The number of ether oxygens (including phenoxy) is 1. The highest BCUT2D eigenvalue weighted by Crippen LogP contribution is 2.32. The maximum Gasteiger partial charge on any atom is 0.433 e. The van der Waals surface area contributed by atoms with Gasteiger partial charge >= 0.3 is 6.18 Å². The maximum atomic E-state index is 12.7. The van der Waals surface area contributed by atoms with Crippen LogP contribution in [0.15, 0.2) is 36.7 Å². The molecule has 0 fully saturated rings. The number of aromatic nitrogens is 4. The van der Waals surface area contributed by atoms with Gasteiger partial charge in [-0.2, -0.15) is 13.2 Å². The Hall–Kier alpha value is -3.10. The normalized spacial score (nSPS) is 11.4. The zero-order valence-corrected chi connectivity index (χ0v) is 13.3. The molecule has 0 aliphatic rings. The Labute approximate surface area is 141 Å². The van der Waals surface area contributed by atoms with Crippen molar-refractivity contribution in [2.75, 3.05) is 12.4 Å². The summed E-state index contributed by atoms with van der Waals surface area (Å²) in [5.41, 5.74) is 1.10. The van der Waals surface area contributed by atoms with Gasteiger partial charge in [0.1, 0.15) is 17.3 Å². The molecule has 1 aromatic carbocycles. The molecule has 0 amide bonds. The summed E-state index contributed by atoms with van der Waals surface area (Å²) in [6.07, 6.45) is -1.79. The molecule has 0 atom stereocenters. The molecule has 0 saturated carbocycles. The first-order valence-corrected chi connectivity index (χ1v) is 7.24. The van der Waals surface area contributed by atoms with E-state index in [0.29, 0.717) is 17.3 Å². The second-order valence-corrected chi connectivity index (χ2v) is 5.22. The van der Waals surface area contributed by atoms with Crippen molar-refractivity contribution in [2.24, 2.45) is 0 Å². The quantitative estimate of drug-likeness (QED) is 0.746. The van der Waals surface area contributed by atoms with Gasteiger partial charge in [-0.1, -0.05) is 0 Å². The van der Waals surface area contributed by atoms with Gasteiger partial charge in [-0.25, -0.2) is 15.0 Å². The summed E-state index contributed by atoms with van der Waals surface area (Å²) in [6.45, 7) is 1.88. The van der Waals surface area contributed by atoms with Crippen molar-refractivity contribution in [3.63, 3.8) is 0 Å². The Kier molecular flexibility index (Phi) is 4.30. The minimum Gasteiger partial charge on any atom is -0.496 e. The molecule has 0 radical (unpaired) electrons. The fraction of sp³-hybridized carbons (Fsp3) is 0.188. The van der Waals surface area contributed by atoms with Crippen LogP contribution in [-0.4, -0.2) is 27.0 Å². The average Bonchev–Trinajstić information content (AvgIpc) is 3.00. The predicted molar refractivity (Wildman–Crippen MR) is 85.6 cm³/mol. The minimum absolute atomic E-state index is 0.154. The number of nitrogens with zero attached hydrogens (tertiary/aromatic N) is 3. The monoisotopic (exact) mass is 349 g/mol. The summed E-state index contributed by atoms with van der Waals surface area (Å²) in [5.74, 6) is 0.987. The lowest BCUT2D eigenvalue weighted by Crippen LogP contribution is -2.10. The average molecular weight is 349 g/mol. The van der Waals surface area contributed by atoms with Crippen LogP contribution >= 0.6 is 0 Å². The van der Waals surface area contributed by atoms with Gasteiger partial charge in [-0.05, 0) is 25.1 Å². The zero-order valence-electron chi connectivity index (χ0n) is 13.3. The minimum atomic E-state index is -4.53. The number of halogens is 3. The van der Waals surface area contributed by atoms with Gasteiger partial charge in [0, 0.05) is 29.8 Å². The number of rotatable bonds is 4. The number of aryl methyl sites for hydroxylation is 1. The van der Waals surface area contributed by atoms with E-state index in [-0.39, 0.29) is 5.95 Å². The summed E-state index contributed by atoms with van der Waals surface area (Å²) in [7, 11) is 1.50. The summed E-state index contributed by atoms with van der Waals surface area (Å²) in [6, 6.07) is 5.87. The van der Waals surface area contributed by atoms with E-state index in [1.165, 1.54) is 7.11 Å². The Morgan fingerprint density at radius 2 is 1.96 bits per heavy atom. The number of aromatic amines is 1. The van der Waals surface area contributed by atoms with Crippen LogP contribution in [-0.2, 0) is 6.18 Å². The van der Waals surface area contributed by atoms with E-state index in [1.54, 1.807) is 24.4 Å². The first-order valence-electron chi connectivity index (χ1n) is 7.24. The fourth-order valence-electron chi connectivity index (χ4n) is 2.22. The van der Waals surface area contributed by atoms with Crippen molar-refractivity contribution in [1.29, 1.82) is 0 Å². The summed E-state index contributed by atoms with van der Waals surface area (Å²) < 4.78 is 43.5. The van der Waals surface area contributed by atoms with Gasteiger partial charge in [0.15, 0.2) is 0 Å². The summed E-state index contributed by atoms with van der Waals surface area (Å²) >= 11 is 0. The lowest BCUT2D eigenvalue weighted by atomic mass is 10.1. The number of imidazole rings is 1. The molecular formula is C16H14F3N5O. The lowest BCUT2D eigenvalue weighted by Gasteiger charge is -2.11. The van der Waals surface area contributed by atoms with Gasteiger partial charge in [0.05, 0.1) is 12.7 Å². The lowest BCUT2D eigenvalue weighted by molar-refractivity contribution is -0.141. The van der Waals surface area contributed by atoms with E-state index in [1.807, 2.05) is 6.92 Å². The van der Waals surface area contributed by atoms with Crippen LogP contribution in [0.3, 0.4) is 0 Å². The number of nitrogens with one attached hydrogen (secondary N) is 2. The van der Waals surface area contributed by atoms with Crippen molar-refractivity contribution < 1.29 is 17.9 Å². The van der Waals surface area contributed by atoms with Crippen molar-refractivity contribution in [3.05, 3.63) is 48.0 Å². The molecule has 9 heteroatoms. The topological polar surface area (TPSA) is 75.7 Å². The molecule has 2 heterocycles. The first kappa shape index (κ1) is 16.7. The maximum absolute atomic E-state index is 12.7. The van der Waals surface area contributed by atoms with E-state index in [2.05, 4.69) is 25.3 Å². The van der Waals surface area contributed by atoms with Crippen molar-refractivity contribution in [2.45, 2.75) is 13.1 Å².